The van der Waals surface area contributed by atoms with Gasteiger partial charge in [0, 0.05) is 12.6 Å². The maximum atomic E-state index is 13.4. The summed E-state index contributed by atoms with van der Waals surface area (Å²) in [6.07, 6.45) is 2.06. The standard InChI is InChI=1S/C14H16F2N2O3/c15-10-3-4-12(11(16)5-10)17-13(19)7-18(8-14(20)21)6-9-1-2-9/h3-5,9H,1-2,6-8H2,(H,17,19)(H,20,21). The molecule has 7 heteroatoms. The van der Waals surface area contributed by atoms with E-state index in [-0.39, 0.29) is 18.8 Å². The van der Waals surface area contributed by atoms with Gasteiger partial charge in [-0.15, -0.1) is 0 Å². The molecule has 1 aliphatic carbocycles. The van der Waals surface area contributed by atoms with Gasteiger partial charge in [0.25, 0.3) is 0 Å². The van der Waals surface area contributed by atoms with Crippen LogP contribution in [-0.4, -0.2) is 41.5 Å². The van der Waals surface area contributed by atoms with Gasteiger partial charge in [0.2, 0.25) is 5.91 Å². The Morgan fingerprint density at radius 2 is 2.00 bits per heavy atom. The maximum absolute atomic E-state index is 13.4. The van der Waals surface area contributed by atoms with Crippen LogP contribution < -0.4 is 5.32 Å². The van der Waals surface area contributed by atoms with E-state index in [0.29, 0.717) is 18.5 Å². The van der Waals surface area contributed by atoms with Crippen molar-refractivity contribution >= 4 is 17.6 Å². The van der Waals surface area contributed by atoms with Crippen LogP contribution in [-0.2, 0) is 9.59 Å². The lowest BCUT2D eigenvalue weighted by atomic mass is 10.3. The Bertz CT molecular complexity index is 547. The first kappa shape index (κ1) is 15.4. The fraction of sp³-hybridized carbons (Fsp3) is 0.429. The first-order chi connectivity index (χ1) is 9.94. The van der Waals surface area contributed by atoms with E-state index in [1.54, 1.807) is 0 Å². The second-order valence-corrected chi connectivity index (χ2v) is 5.18. The minimum atomic E-state index is -1.02. The molecule has 2 N–H and O–H groups in total. The summed E-state index contributed by atoms with van der Waals surface area (Å²) in [5.41, 5.74) is -0.122. The third-order valence-electron chi connectivity index (χ3n) is 3.14. The fourth-order valence-corrected chi connectivity index (χ4v) is 2.03. The van der Waals surface area contributed by atoms with Crippen LogP contribution in [0.5, 0.6) is 0 Å². The molecular formula is C14H16F2N2O3. The van der Waals surface area contributed by atoms with Gasteiger partial charge in [-0.25, -0.2) is 8.78 Å². The summed E-state index contributed by atoms with van der Waals surface area (Å²) in [7, 11) is 0. The molecule has 1 saturated carbocycles. The predicted octanol–water partition coefficient (Wildman–Crippen LogP) is 1.70. The highest BCUT2D eigenvalue weighted by molar-refractivity contribution is 5.92. The van der Waals surface area contributed by atoms with Gasteiger partial charge >= 0.3 is 5.97 Å². The fourth-order valence-electron chi connectivity index (χ4n) is 2.03. The Kier molecular flexibility index (Phi) is 4.85. The van der Waals surface area contributed by atoms with Crippen molar-refractivity contribution in [3.63, 3.8) is 0 Å². The summed E-state index contributed by atoms with van der Waals surface area (Å²) in [6.45, 7) is 0.154. The molecule has 1 aromatic carbocycles. The zero-order valence-electron chi connectivity index (χ0n) is 11.3. The molecule has 0 aliphatic heterocycles. The largest absolute Gasteiger partial charge is 0.480 e. The molecule has 0 spiro atoms. The topological polar surface area (TPSA) is 69.6 Å². The Morgan fingerprint density at radius 3 is 2.57 bits per heavy atom. The highest BCUT2D eigenvalue weighted by atomic mass is 19.1. The molecule has 21 heavy (non-hydrogen) atoms. The van der Waals surface area contributed by atoms with E-state index in [4.69, 9.17) is 5.11 Å². The Balaban J connectivity index is 1.92. The third-order valence-corrected chi connectivity index (χ3v) is 3.14. The summed E-state index contributed by atoms with van der Waals surface area (Å²) >= 11 is 0. The molecule has 0 radical (unpaired) electrons. The van der Waals surface area contributed by atoms with Gasteiger partial charge < -0.3 is 10.4 Å². The van der Waals surface area contributed by atoms with Crippen molar-refractivity contribution in [1.82, 2.24) is 4.90 Å². The van der Waals surface area contributed by atoms with Gasteiger partial charge in [-0.05, 0) is 30.9 Å². The van der Waals surface area contributed by atoms with Crippen LogP contribution in [0.1, 0.15) is 12.8 Å². The predicted molar refractivity (Wildman–Crippen MR) is 71.8 cm³/mol. The number of nitrogens with one attached hydrogen (secondary N) is 1. The molecule has 114 valence electrons. The van der Waals surface area contributed by atoms with Crippen LogP contribution >= 0.6 is 0 Å². The second kappa shape index (κ2) is 6.62. The van der Waals surface area contributed by atoms with E-state index in [9.17, 15) is 18.4 Å². The van der Waals surface area contributed by atoms with Gasteiger partial charge in [0.15, 0.2) is 0 Å². The minimum absolute atomic E-state index is 0.122. The van der Waals surface area contributed by atoms with Crippen molar-refractivity contribution < 1.29 is 23.5 Å². The van der Waals surface area contributed by atoms with Crippen LogP contribution in [0.15, 0.2) is 18.2 Å². The molecule has 5 nitrogen and oxygen atoms in total. The number of nitrogens with zero attached hydrogens (tertiary/aromatic N) is 1. The molecule has 0 bridgehead atoms. The van der Waals surface area contributed by atoms with Crippen molar-refractivity contribution in [2.24, 2.45) is 5.92 Å². The van der Waals surface area contributed by atoms with Crippen molar-refractivity contribution in [2.75, 3.05) is 25.0 Å². The van der Waals surface area contributed by atoms with Gasteiger partial charge in [-0.3, -0.25) is 14.5 Å². The van der Waals surface area contributed by atoms with Crippen LogP contribution in [0.4, 0.5) is 14.5 Å². The zero-order valence-corrected chi connectivity index (χ0v) is 11.3. The molecule has 0 aromatic heterocycles. The number of carbonyl (C=O) groups excluding carboxylic acids is 1. The number of hydrogen-bond donors (Lipinski definition) is 2. The number of rotatable bonds is 7. The van der Waals surface area contributed by atoms with E-state index in [1.165, 1.54) is 4.90 Å². The van der Waals surface area contributed by atoms with Crippen molar-refractivity contribution in [1.29, 1.82) is 0 Å². The number of hydrogen-bond acceptors (Lipinski definition) is 3. The molecule has 0 unspecified atom stereocenters. The molecule has 2 rings (SSSR count). The van der Waals surface area contributed by atoms with E-state index in [0.717, 1.165) is 25.0 Å². The lowest BCUT2D eigenvalue weighted by Gasteiger charge is -2.19. The molecule has 1 aliphatic rings. The Morgan fingerprint density at radius 1 is 1.29 bits per heavy atom. The molecule has 0 atom stereocenters. The Hall–Kier alpha value is -2.02. The SMILES string of the molecule is O=C(O)CN(CC(=O)Nc1ccc(F)cc1F)CC1CC1. The average Bonchev–Trinajstić information content (AvgIpc) is 3.15. The highest BCUT2D eigenvalue weighted by Gasteiger charge is 2.26. The van der Waals surface area contributed by atoms with Crippen LogP contribution in [0.25, 0.3) is 0 Å². The monoisotopic (exact) mass is 298 g/mol. The smallest absolute Gasteiger partial charge is 0.317 e. The third kappa shape index (κ3) is 5.11. The van der Waals surface area contributed by atoms with Gasteiger partial charge in [0.1, 0.15) is 11.6 Å². The van der Waals surface area contributed by atoms with E-state index < -0.39 is 23.5 Å². The average molecular weight is 298 g/mol. The number of halogens is 2. The summed E-state index contributed by atoms with van der Waals surface area (Å²) in [4.78, 5) is 24.1. The Labute approximate surface area is 120 Å². The molecule has 0 heterocycles. The van der Waals surface area contributed by atoms with Crippen LogP contribution in [0.3, 0.4) is 0 Å². The van der Waals surface area contributed by atoms with Gasteiger partial charge in [0.05, 0.1) is 18.8 Å². The molecule has 1 amide bonds. The second-order valence-electron chi connectivity index (χ2n) is 5.18. The molecule has 1 fully saturated rings. The van der Waals surface area contributed by atoms with Gasteiger partial charge in [-0.1, -0.05) is 0 Å². The first-order valence-corrected chi connectivity index (χ1v) is 6.63. The highest BCUT2D eigenvalue weighted by Crippen LogP contribution is 2.29. The number of carboxylic acids is 1. The molecule has 1 aromatic rings. The lowest BCUT2D eigenvalue weighted by Crippen LogP contribution is -2.38. The normalized spacial score (nSPS) is 14.2. The maximum Gasteiger partial charge on any atom is 0.317 e. The number of anilines is 1. The summed E-state index contributed by atoms with van der Waals surface area (Å²) in [6, 6.07) is 2.84. The summed E-state index contributed by atoms with van der Waals surface area (Å²) < 4.78 is 26.2. The molecular weight excluding hydrogens is 282 g/mol. The van der Waals surface area contributed by atoms with Crippen molar-refractivity contribution in [2.45, 2.75) is 12.8 Å². The van der Waals surface area contributed by atoms with Crippen LogP contribution in [0, 0.1) is 17.6 Å². The number of benzene rings is 1. The number of amides is 1. The van der Waals surface area contributed by atoms with Crippen molar-refractivity contribution in [3.05, 3.63) is 29.8 Å². The van der Waals surface area contributed by atoms with E-state index >= 15 is 0 Å². The van der Waals surface area contributed by atoms with E-state index in [1.807, 2.05) is 0 Å². The quantitative estimate of drug-likeness (QED) is 0.804. The molecule has 0 saturated heterocycles. The van der Waals surface area contributed by atoms with E-state index in [2.05, 4.69) is 5.32 Å². The van der Waals surface area contributed by atoms with Gasteiger partial charge in [-0.2, -0.15) is 0 Å². The number of aliphatic carboxylic acids is 1. The number of carboxylic acid groups (broad SMARTS) is 1. The van der Waals surface area contributed by atoms with Crippen molar-refractivity contribution in [3.8, 4) is 0 Å². The summed E-state index contributed by atoms with van der Waals surface area (Å²) in [5.74, 6) is -2.71. The lowest BCUT2D eigenvalue weighted by molar-refractivity contribution is -0.138. The first-order valence-electron chi connectivity index (χ1n) is 6.63. The summed E-state index contributed by atoms with van der Waals surface area (Å²) in [5, 5.41) is 11.1. The number of carbonyl (C=O) groups is 2. The minimum Gasteiger partial charge on any atom is -0.480 e. The van der Waals surface area contributed by atoms with Crippen LogP contribution in [0.2, 0.25) is 0 Å². The zero-order chi connectivity index (χ0) is 15.4.